The SMILES string of the molecule is C[C@]1(CO)[C@H]2Cc3sc(-c4ccsc4)nc3[C@@H](CC(=O)NCc3cccnc3)[C@]2(C)CC[C@H]1O. The molecule has 6 nitrogen and oxygen atoms in total. The third-order valence-electron chi connectivity index (χ3n) is 8.26. The zero-order valence-electron chi connectivity index (χ0n) is 19.5. The fourth-order valence-electron chi connectivity index (χ4n) is 6.12. The Labute approximate surface area is 208 Å². The molecule has 0 radical (unpaired) electrons. The van der Waals surface area contributed by atoms with Crippen LogP contribution in [0.4, 0.5) is 0 Å². The van der Waals surface area contributed by atoms with Crippen LogP contribution in [-0.2, 0) is 17.8 Å². The molecule has 1 saturated carbocycles. The van der Waals surface area contributed by atoms with Crippen LogP contribution in [-0.4, -0.2) is 38.8 Å². The topological polar surface area (TPSA) is 95.3 Å². The summed E-state index contributed by atoms with van der Waals surface area (Å²) >= 11 is 3.34. The fourth-order valence-corrected chi connectivity index (χ4v) is 8.00. The number of aliphatic hydroxyl groups is 2. The Morgan fingerprint density at radius 1 is 1.32 bits per heavy atom. The average Bonchev–Trinajstić information content (AvgIpc) is 3.52. The highest BCUT2D eigenvalue weighted by Gasteiger charge is 2.59. The Balaban J connectivity index is 1.49. The summed E-state index contributed by atoms with van der Waals surface area (Å²) in [5.41, 5.74) is 2.25. The van der Waals surface area contributed by atoms with Gasteiger partial charge in [-0.2, -0.15) is 11.3 Å². The normalized spacial score (nSPS) is 30.4. The number of carbonyl (C=O) groups excluding carboxylic acids is 1. The first-order valence-electron chi connectivity index (χ1n) is 11.8. The molecule has 0 aliphatic heterocycles. The van der Waals surface area contributed by atoms with Gasteiger partial charge in [0.05, 0.1) is 18.4 Å². The summed E-state index contributed by atoms with van der Waals surface area (Å²) in [6.45, 7) is 4.62. The van der Waals surface area contributed by atoms with Crippen LogP contribution in [0.2, 0.25) is 0 Å². The molecular formula is C26H31N3O3S2. The number of rotatable bonds is 6. The number of nitrogens with one attached hydrogen (secondary N) is 1. The van der Waals surface area contributed by atoms with Crippen molar-refractivity contribution in [3.8, 4) is 10.6 Å². The summed E-state index contributed by atoms with van der Waals surface area (Å²) in [7, 11) is 0. The van der Waals surface area contributed by atoms with E-state index in [4.69, 9.17) is 4.98 Å². The van der Waals surface area contributed by atoms with Gasteiger partial charge in [-0.25, -0.2) is 4.98 Å². The van der Waals surface area contributed by atoms with Crippen molar-refractivity contribution in [3.63, 3.8) is 0 Å². The molecule has 2 aliphatic carbocycles. The summed E-state index contributed by atoms with van der Waals surface area (Å²) in [5.74, 6) is -0.0195. The molecule has 3 aromatic rings. The van der Waals surface area contributed by atoms with E-state index in [1.165, 1.54) is 4.88 Å². The molecule has 0 bridgehead atoms. The number of aliphatic hydroxyl groups excluding tert-OH is 2. The molecule has 2 aliphatic rings. The number of carbonyl (C=O) groups is 1. The third kappa shape index (κ3) is 4.00. The molecule has 5 atom stereocenters. The fraction of sp³-hybridized carbons (Fsp3) is 0.500. The summed E-state index contributed by atoms with van der Waals surface area (Å²) in [6, 6.07) is 5.90. The average molecular weight is 498 g/mol. The summed E-state index contributed by atoms with van der Waals surface area (Å²) in [6.07, 6.45) is 5.47. The van der Waals surface area contributed by atoms with E-state index < -0.39 is 11.5 Å². The minimum absolute atomic E-state index is 0.0106. The van der Waals surface area contributed by atoms with E-state index in [0.717, 1.165) is 34.7 Å². The van der Waals surface area contributed by atoms with Gasteiger partial charge in [0, 0.05) is 52.5 Å². The first kappa shape index (κ1) is 23.6. The van der Waals surface area contributed by atoms with Gasteiger partial charge in [0.2, 0.25) is 5.91 Å². The second kappa shape index (κ2) is 9.15. The highest BCUT2D eigenvalue weighted by atomic mass is 32.1. The second-order valence-electron chi connectivity index (χ2n) is 10.2. The molecule has 8 heteroatoms. The van der Waals surface area contributed by atoms with Crippen LogP contribution in [0.25, 0.3) is 10.6 Å². The van der Waals surface area contributed by atoms with Gasteiger partial charge in [0.25, 0.3) is 0 Å². The van der Waals surface area contributed by atoms with Crippen LogP contribution in [0.15, 0.2) is 41.4 Å². The molecule has 1 amide bonds. The Bertz CT molecular complexity index is 1150. The molecule has 0 spiro atoms. The molecule has 3 N–H and O–H groups in total. The lowest BCUT2D eigenvalue weighted by Gasteiger charge is -2.58. The molecule has 3 aromatic heterocycles. The maximum atomic E-state index is 13.2. The lowest BCUT2D eigenvalue weighted by atomic mass is 9.47. The molecule has 0 unspecified atom stereocenters. The lowest BCUT2D eigenvalue weighted by Crippen LogP contribution is -2.57. The molecule has 0 aromatic carbocycles. The molecule has 5 rings (SSSR count). The van der Waals surface area contributed by atoms with Gasteiger partial charge in [-0.1, -0.05) is 19.9 Å². The number of hydrogen-bond donors (Lipinski definition) is 3. The van der Waals surface area contributed by atoms with Crippen LogP contribution >= 0.6 is 22.7 Å². The number of aromatic nitrogens is 2. The molecular weight excluding hydrogens is 466 g/mol. The zero-order chi connectivity index (χ0) is 23.9. The number of thiazole rings is 1. The van der Waals surface area contributed by atoms with Crippen molar-refractivity contribution >= 4 is 28.6 Å². The predicted molar refractivity (Wildman–Crippen MR) is 135 cm³/mol. The summed E-state index contributed by atoms with van der Waals surface area (Å²) in [4.78, 5) is 23.6. The monoisotopic (exact) mass is 497 g/mol. The van der Waals surface area contributed by atoms with Crippen LogP contribution in [0, 0.1) is 16.7 Å². The van der Waals surface area contributed by atoms with Crippen LogP contribution in [0.3, 0.4) is 0 Å². The highest BCUT2D eigenvalue weighted by Crippen LogP contribution is 2.62. The van der Waals surface area contributed by atoms with Crippen molar-refractivity contribution in [3.05, 3.63) is 57.5 Å². The van der Waals surface area contributed by atoms with Gasteiger partial charge < -0.3 is 15.5 Å². The van der Waals surface area contributed by atoms with Gasteiger partial charge >= 0.3 is 0 Å². The summed E-state index contributed by atoms with van der Waals surface area (Å²) in [5, 5.41) is 29.5. The maximum absolute atomic E-state index is 13.2. The lowest BCUT2D eigenvalue weighted by molar-refractivity contribution is -0.144. The van der Waals surface area contributed by atoms with Gasteiger partial charge in [-0.15, -0.1) is 11.3 Å². The number of nitrogens with zero attached hydrogens (tertiary/aromatic N) is 2. The Morgan fingerprint density at radius 3 is 2.88 bits per heavy atom. The van der Waals surface area contributed by atoms with E-state index in [1.807, 2.05) is 19.1 Å². The van der Waals surface area contributed by atoms with Gasteiger partial charge in [0.1, 0.15) is 5.01 Å². The van der Waals surface area contributed by atoms with E-state index >= 15 is 0 Å². The number of pyridine rings is 1. The van der Waals surface area contributed by atoms with Crippen molar-refractivity contribution in [1.29, 1.82) is 0 Å². The second-order valence-corrected chi connectivity index (χ2v) is 12.1. The number of hydrogen-bond acceptors (Lipinski definition) is 7. The Hall–Kier alpha value is -2.13. The third-order valence-corrected chi connectivity index (χ3v) is 10.1. The van der Waals surface area contributed by atoms with Crippen molar-refractivity contribution in [2.24, 2.45) is 16.7 Å². The zero-order valence-corrected chi connectivity index (χ0v) is 21.2. The van der Waals surface area contributed by atoms with Crippen LogP contribution in [0.1, 0.15) is 55.2 Å². The quantitative estimate of drug-likeness (QED) is 0.470. The van der Waals surface area contributed by atoms with E-state index in [1.54, 1.807) is 35.1 Å². The van der Waals surface area contributed by atoms with Crippen LogP contribution < -0.4 is 5.32 Å². The van der Waals surface area contributed by atoms with Crippen molar-refractivity contribution < 1.29 is 15.0 Å². The largest absolute Gasteiger partial charge is 0.396 e. The van der Waals surface area contributed by atoms with E-state index in [-0.39, 0.29) is 29.8 Å². The molecule has 180 valence electrons. The standard InChI is InChI=1S/C26H31N3O3S2/c1-25-7-5-21(31)26(2,15-30)20(25)11-19-23(29-24(34-19)17-6-9-33-14-17)18(25)10-22(32)28-13-16-4-3-8-27-12-16/h3-4,6,8-9,12,14,18,20-21,30-31H,5,7,10-11,13,15H2,1-2H3,(H,28,32)/t18-,20+,21-,25+,26+/m1/s1. The van der Waals surface area contributed by atoms with Crippen molar-refractivity contribution in [2.75, 3.05) is 6.61 Å². The Kier molecular flexibility index (Phi) is 6.35. The number of amides is 1. The molecule has 1 fully saturated rings. The van der Waals surface area contributed by atoms with E-state index in [0.29, 0.717) is 19.4 Å². The first-order valence-corrected chi connectivity index (χ1v) is 13.6. The predicted octanol–water partition coefficient (Wildman–Crippen LogP) is 4.39. The molecule has 3 heterocycles. The minimum atomic E-state index is -0.609. The van der Waals surface area contributed by atoms with Crippen molar-refractivity contribution in [1.82, 2.24) is 15.3 Å². The highest BCUT2D eigenvalue weighted by molar-refractivity contribution is 7.15. The number of fused-ring (bicyclic) bond motifs is 2. The first-order chi connectivity index (χ1) is 16.3. The van der Waals surface area contributed by atoms with Gasteiger partial charge in [-0.3, -0.25) is 9.78 Å². The van der Waals surface area contributed by atoms with Gasteiger partial charge in [-0.05, 0) is 53.7 Å². The maximum Gasteiger partial charge on any atom is 0.220 e. The van der Waals surface area contributed by atoms with Crippen LogP contribution in [0.5, 0.6) is 0 Å². The summed E-state index contributed by atoms with van der Waals surface area (Å²) < 4.78 is 0. The van der Waals surface area contributed by atoms with E-state index in [9.17, 15) is 15.0 Å². The van der Waals surface area contributed by atoms with Crippen molar-refractivity contribution in [2.45, 2.75) is 58.1 Å². The minimum Gasteiger partial charge on any atom is -0.396 e. The van der Waals surface area contributed by atoms with Gasteiger partial charge in [0.15, 0.2) is 0 Å². The molecule has 34 heavy (non-hydrogen) atoms. The smallest absolute Gasteiger partial charge is 0.220 e. The molecule has 0 saturated heterocycles. The number of thiophene rings is 1. The van der Waals surface area contributed by atoms with E-state index in [2.05, 4.69) is 34.1 Å². The Morgan fingerprint density at radius 2 is 2.18 bits per heavy atom.